The molecule has 2 heterocycles. The molecule has 0 amide bonds. The third-order valence-corrected chi connectivity index (χ3v) is 3.87. The van der Waals surface area contributed by atoms with Crippen molar-refractivity contribution in [2.24, 2.45) is 0 Å². The first-order chi connectivity index (χ1) is 12.6. The topological polar surface area (TPSA) is 94.8 Å². The summed E-state index contributed by atoms with van der Waals surface area (Å²) in [5.41, 5.74) is 1.79. The normalized spacial score (nSPS) is 14.1. The van der Waals surface area contributed by atoms with Crippen molar-refractivity contribution in [1.82, 2.24) is 15.1 Å². The van der Waals surface area contributed by atoms with Crippen LogP contribution in [-0.4, -0.2) is 53.3 Å². The van der Waals surface area contributed by atoms with E-state index in [1.165, 1.54) is 6.20 Å². The molecule has 2 N–H and O–H groups in total. The Morgan fingerprint density at radius 1 is 1.38 bits per heavy atom. The second-order valence-electron chi connectivity index (χ2n) is 5.95. The van der Waals surface area contributed by atoms with E-state index in [2.05, 4.69) is 10.4 Å². The van der Waals surface area contributed by atoms with Crippen LogP contribution in [0, 0.1) is 0 Å². The summed E-state index contributed by atoms with van der Waals surface area (Å²) in [5, 5.41) is 16.9. The Bertz CT molecular complexity index is 772. The van der Waals surface area contributed by atoms with E-state index < -0.39 is 12.1 Å². The van der Waals surface area contributed by atoms with Crippen molar-refractivity contribution >= 4 is 5.97 Å². The monoisotopic (exact) mass is 361 g/mol. The number of ether oxygens (including phenoxy) is 3. The smallest absolute Gasteiger partial charge is 0.341 e. The first-order valence-electron chi connectivity index (χ1n) is 8.63. The molecule has 1 aromatic heterocycles. The van der Waals surface area contributed by atoms with Gasteiger partial charge in [-0.2, -0.15) is 5.10 Å². The molecular weight excluding hydrogens is 338 g/mol. The van der Waals surface area contributed by atoms with Crippen LogP contribution in [0.25, 0.3) is 5.69 Å². The van der Waals surface area contributed by atoms with Gasteiger partial charge in [-0.25, -0.2) is 9.48 Å². The average Bonchev–Trinajstić information content (AvgIpc) is 3.05. The van der Waals surface area contributed by atoms with E-state index in [1.807, 2.05) is 18.2 Å². The number of benzene rings is 1. The fourth-order valence-electron chi connectivity index (χ4n) is 2.71. The van der Waals surface area contributed by atoms with Crippen molar-refractivity contribution in [2.75, 3.05) is 26.4 Å². The zero-order valence-corrected chi connectivity index (χ0v) is 14.9. The SMILES string of the molecule is CCOC(=O)c1cnn(-c2ccc3c(c2)OCCO3)c1CNCC(C)O. The Labute approximate surface area is 151 Å². The van der Waals surface area contributed by atoms with Gasteiger partial charge in [-0.05, 0) is 26.0 Å². The maximum Gasteiger partial charge on any atom is 0.341 e. The fourth-order valence-corrected chi connectivity index (χ4v) is 2.71. The zero-order valence-electron chi connectivity index (χ0n) is 14.9. The van der Waals surface area contributed by atoms with Gasteiger partial charge < -0.3 is 24.6 Å². The summed E-state index contributed by atoms with van der Waals surface area (Å²) in [5.74, 6) is 0.904. The van der Waals surface area contributed by atoms with Gasteiger partial charge in [-0.1, -0.05) is 0 Å². The predicted octanol–water partition coefficient (Wildman–Crippen LogP) is 1.29. The molecule has 0 saturated heterocycles. The van der Waals surface area contributed by atoms with Gasteiger partial charge in [0.2, 0.25) is 0 Å². The number of fused-ring (bicyclic) bond motifs is 1. The maximum absolute atomic E-state index is 12.2. The molecule has 8 heteroatoms. The molecule has 2 aromatic rings. The number of carbonyl (C=O) groups is 1. The minimum Gasteiger partial charge on any atom is -0.486 e. The van der Waals surface area contributed by atoms with Gasteiger partial charge >= 0.3 is 5.97 Å². The van der Waals surface area contributed by atoms with Crippen LogP contribution in [-0.2, 0) is 11.3 Å². The number of nitrogens with zero attached hydrogens (tertiary/aromatic N) is 2. The molecule has 0 saturated carbocycles. The van der Waals surface area contributed by atoms with Crippen molar-refractivity contribution in [2.45, 2.75) is 26.5 Å². The van der Waals surface area contributed by atoms with Crippen LogP contribution in [0.3, 0.4) is 0 Å². The average molecular weight is 361 g/mol. The molecule has 26 heavy (non-hydrogen) atoms. The van der Waals surface area contributed by atoms with E-state index in [0.717, 1.165) is 5.69 Å². The van der Waals surface area contributed by atoms with Crippen LogP contribution < -0.4 is 14.8 Å². The molecule has 1 atom stereocenters. The molecule has 0 aliphatic carbocycles. The molecule has 1 unspecified atom stereocenters. The fraction of sp³-hybridized carbons (Fsp3) is 0.444. The van der Waals surface area contributed by atoms with Gasteiger partial charge in [-0.15, -0.1) is 0 Å². The van der Waals surface area contributed by atoms with Crippen molar-refractivity contribution in [1.29, 1.82) is 0 Å². The second-order valence-corrected chi connectivity index (χ2v) is 5.95. The summed E-state index contributed by atoms with van der Waals surface area (Å²) in [6.45, 7) is 5.50. The number of hydrogen-bond donors (Lipinski definition) is 2. The molecule has 0 spiro atoms. The molecule has 1 aliphatic rings. The summed E-state index contributed by atoms with van der Waals surface area (Å²) in [7, 11) is 0. The van der Waals surface area contributed by atoms with E-state index >= 15 is 0 Å². The molecule has 140 valence electrons. The number of aliphatic hydroxyl groups excluding tert-OH is 1. The second kappa shape index (κ2) is 8.20. The van der Waals surface area contributed by atoms with E-state index in [9.17, 15) is 9.90 Å². The van der Waals surface area contributed by atoms with Gasteiger partial charge in [-0.3, -0.25) is 0 Å². The Morgan fingerprint density at radius 2 is 2.15 bits per heavy atom. The Kier molecular flexibility index (Phi) is 5.75. The zero-order chi connectivity index (χ0) is 18.5. The molecule has 0 radical (unpaired) electrons. The standard InChI is InChI=1S/C18H23N3O5/c1-3-24-18(23)14-10-20-21(15(14)11-19-9-12(2)22)13-4-5-16-17(8-13)26-7-6-25-16/h4-5,8,10,12,19,22H,3,6-7,9,11H2,1-2H3. The highest BCUT2D eigenvalue weighted by atomic mass is 16.6. The molecular formula is C18H23N3O5. The van der Waals surface area contributed by atoms with Gasteiger partial charge in [0.25, 0.3) is 0 Å². The number of nitrogens with one attached hydrogen (secondary N) is 1. The summed E-state index contributed by atoms with van der Waals surface area (Å²) >= 11 is 0. The number of hydrogen-bond acceptors (Lipinski definition) is 7. The Morgan fingerprint density at radius 3 is 2.88 bits per heavy atom. The van der Waals surface area contributed by atoms with Gasteiger partial charge in [0.1, 0.15) is 18.8 Å². The highest BCUT2D eigenvalue weighted by molar-refractivity contribution is 5.90. The molecule has 3 rings (SSSR count). The van der Waals surface area contributed by atoms with E-state index in [4.69, 9.17) is 14.2 Å². The number of carbonyl (C=O) groups excluding carboxylic acids is 1. The Hall–Kier alpha value is -2.58. The van der Waals surface area contributed by atoms with E-state index in [1.54, 1.807) is 18.5 Å². The number of esters is 1. The lowest BCUT2D eigenvalue weighted by Gasteiger charge is -2.19. The van der Waals surface area contributed by atoms with Gasteiger partial charge in [0, 0.05) is 19.2 Å². The van der Waals surface area contributed by atoms with Crippen molar-refractivity contribution in [3.8, 4) is 17.2 Å². The molecule has 0 bridgehead atoms. The lowest BCUT2D eigenvalue weighted by Crippen LogP contribution is -2.26. The summed E-state index contributed by atoms with van der Waals surface area (Å²) in [6, 6.07) is 5.50. The van der Waals surface area contributed by atoms with Crippen molar-refractivity contribution in [3.05, 3.63) is 35.7 Å². The van der Waals surface area contributed by atoms with Crippen LogP contribution >= 0.6 is 0 Å². The van der Waals surface area contributed by atoms with Crippen LogP contribution in [0.1, 0.15) is 29.9 Å². The van der Waals surface area contributed by atoms with Gasteiger partial charge in [0.15, 0.2) is 11.5 Å². The molecule has 1 aromatic carbocycles. The Balaban J connectivity index is 1.93. The van der Waals surface area contributed by atoms with Crippen LogP contribution in [0.5, 0.6) is 11.5 Å². The number of aromatic nitrogens is 2. The van der Waals surface area contributed by atoms with Crippen LogP contribution in [0.4, 0.5) is 0 Å². The maximum atomic E-state index is 12.2. The minimum atomic E-state index is -0.494. The molecule has 8 nitrogen and oxygen atoms in total. The first kappa shape index (κ1) is 18.2. The minimum absolute atomic E-state index is 0.286. The van der Waals surface area contributed by atoms with E-state index in [-0.39, 0.29) is 6.61 Å². The number of aliphatic hydroxyl groups is 1. The third-order valence-electron chi connectivity index (χ3n) is 3.87. The highest BCUT2D eigenvalue weighted by Crippen LogP contribution is 2.32. The molecule has 0 fully saturated rings. The number of rotatable bonds is 7. The lowest BCUT2D eigenvalue weighted by molar-refractivity contribution is 0.0525. The van der Waals surface area contributed by atoms with E-state index in [0.29, 0.717) is 49.1 Å². The third kappa shape index (κ3) is 3.97. The highest BCUT2D eigenvalue weighted by Gasteiger charge is 2.21. The summed E-state index contributed by atoms with van der Waals surface area (Å²) in [6.07, 6.45) is 1.00. The summed E-state index contributed by atoms with van der Waals surface area (Å²) in [4.78, 5) is 12.2. The van der Waals surface area contributed by atoms with Crippen molar-refractivity contribution < 1.29 is 24.1 Å². The van der Waals surface area contributed by atoms with Crippen LogP contribution in [0.15, 0.2) is 24.4 Å². The molecule has 1 aliphatic heterocycles. The summed E-state index contributed by atoms with van der Waals surface area (Å²) < 4.78 is 18.0. The quantitative estimate of drug-likeness (QED) is 0.718. The lowest BCUT2D eigenvalue weighted by atomic mass is 10.2. The largest absolute Gasteiger partial charge is 0.486 e. The van der Waals surface area contributed by atoms with Gasteiger partial charge in [0.05, 0.1) is 30.3 Å². The predicted molar refractivity (Wildman–Crippen MR) is 93.9 cm³/mol. The van der Waals surface area contributed by atoms with Crippen LogP contribution in [0.2, 0.25) is 0 Å². The first-order valence-corrected chi connectivity index (χ1v) is 8.63. The van der Waals surface area contributed by atoms with Crippen molar-refractivity contribution in [3.63, 3.8) is 0 Å².